The molecule has 104 valence electrons. The van der Waals surface area contributed by atoms with Crippen molar-refractivity contribution in [3.63, 3.8) is 0 Å². The Morgan fingerprint density at radius 1 is 1.42 bits per heavy atom. The number of alkyl halides is 1. The summed E-state index contributed by atoms with van der Waals surface area (Å²) in [7, 11) is 0. The Labute approximate surface area is 122 Å². The fourth-order valence-corrected chi connectivity index (χ4v) is 2.47. The molecule has 6 heteroatoms. The first-order chi connectivity index (χ1) is 8.96. The summed E-state index contributed by atoms with van der Waals surface area (Å²) in [6, 6.07) is 1.80. The number of aromatic nitrogens is 3. The highest BCUT2D eigenvalue weighted by molar-refractivity contribution is 6.31. The first-order valence-corrected chi connectivity index (χ1v) is 7.08. The number of rotatable bonds is 5. The average molecular weight is 302 g/mol. The minimum absolute atomic E-state index is 0.301. The van der Waals surface area contributed by atoms with E-state index in [0.29, 0.717) is 24.1 Å². The van der Waals surface area contributed by atoms with Crippen LogP contribution in [0.4, 0.5) is 0 Å². The molecule has 2 aromatic rings. The van der Waals surface area contributed by atoms with Gasteiger partial charge in [-0.15, -0.1) is 11.6 Å². The van der Waals surface area contributed by atoms with Crippen LogP contribution in [0.3, 0.4) is 0 Å². The lowest BCUT2D eigenvalue weighted by Crippen LogP contribution is -2.31. The molecule has 0 aliphatic heterocycles. The number of hydrogen-bond acceptors (Lipinski definition) is 3. The first-order valence-electron chi connectivity index (χ1n) is 6.17. The number of pyridine rings is 1. The molecule has 0 radical (unpaired) electrons. The van der Waals surface area contributed by atoms with Gasteiger partial charge < -0.3 is 9.30 Å². The van der Waals surface area contributed by atoms with Crippen LogP contribution in [-0.2, 0) is 17.2 Å². The van der Waals surface area contributed by atoms with Crippen molar-refractivity contribution in [2.75, 3.05) is 6.61 Å². The molecule has 0 aliphatic rings. The maximum absolute atomic E-state index is 5.96. The second-order valence-corrected chi connectivity index (χ2v) is 5.64. The van der Waals surface area contributed by atoms with Crippen LogP contribution in [-0.4, -0.2) is 26.7 Å². The van der Waals surface area contributed by atoms with Gasteiger partial charge in [0.25, 0.3) is 0 Å². The van der Waals surface area contributed by atoms with Gasteiger partial charge in [0.1, 0.15) is 11.3 Å². The molecule has 0 atom stereocenters. The third-order valence-electron chi connectivity index (χ3n) is 2.82. The minimum Gasteiger partial charge on any atom is -0.374 e. The molecule has 0 fully saturated rings. The molecule has 0 bridgehead atoms. The summed E-state index contributed by atoms with van der Waals surface area (Å²) in [5, 5.41) is 0.572. The Morgan fingerprint density at radius 3 is 2.79 bits per heavy atom. The summed E-state index contributed by atoms with van der Waals surface area (Å²) in [5.41, 5.74) is 1.24. The Hall–Kier alpha value is -0.840. The monoisotopic (exact) mass is 301 g/mol. The predicted molar refractivity (Wildman–Crippen MR) is 77.8 cm³/mol. The summed E-state index contributed by atoms with van der Waals surface area (Å²) in [4.78, 5) is 8.81. The van der Waals surface area contributed by atoms with E-state index in [0.717, 1.165) is 17.0 Å². The maximum Gasteiger partial charge on any atom is 0.160 e. The van der Waals surface area contributed by atoms with Crippen LogP contribution >= 0.6 is 23.2 Å². The van der Waals surface area contributed by atoms with Gasteiger partial charge >= 0.3 is 0 Å². The fourth-order valence-electron chi connectivity index (χ4n) is 2.12. The van der Waals surface area contributed by atoms with E-state index in [2.05, 4.69) is 9.97 Å². The lowest BCUT2D eigenvalue weighted by Gasteiger charge is -2.26. The van der Waals surface area contributed by atoms with Crippen LogP contribution in [0.15, 0.2) is 12.3 Å². The van der Waals surface area contributed by atoms with E-state index in [1.54, 1.807) is 12.3 Å². The molecule has 0 saturated carbocycles. The summed E-state index contributed by atoms with van der Waals surface area (Å²) in [6.07, 6.45) is 1.62. The molecule has 2 aromatic heterocycles. The third-order valence-corrected chi connectivity index (χ3v) is 3.27. The van der Waals surface area contributed by atoms with Gasteiger partial charge in [0.05, 0.1) is 23.0 Å². The topological polar surface area (TPSA) is 39.9 Å². The van der Waals surface area contributed by atoms with E-state index in [1.165, 1.54) is 0 Å². The van der Waals surface area contributed by atoms with Gasteiger partial charge in [0.2, 0.25) is 0 Å². The summed E-state index contributed by atoms with van der Waals surface area (Å²) < 4.78 is 7.72. The van der Waals surface area contributed by atoms with Gasteiger partial charge in [-0.2, -0.15) is 0 Å². The summed E-state index contributed by atoms with van der Waals surface area (Å²) in [5.74, 6) is 1.11. The highest BCUT2D eigenvalue weighted by Gasteiger charge is 2.22. The van der Waals surface area contributed by atoms with E-state index in [-0.39, 0.29) is 5.60 Å². The van der Waals surface area contributed by atoms with E-state index in [9.17, 15) is 0 Å². The van der Waals surface area contributed by atoms with Crippen molar-refractivity contribution >= 4 is 34.4 Å². The Bertz CT molecular complexity index is 581. The van der Waals surface area contributed by atoms with E-state index >= 15 is 0 Å². The van der Waals surface area contributed by atoms with Crippen LogP contribution in [0.25, 0.3) is 11.2 Å². The summed E-state index contributed by atoms with van der Waals surface area (Å²) >= 11 is 11.9. The van der Waals surface area contributed by atoms with Gasteiger partial charge in [-0.25, -0.2) is 9.97 Å². The molecule has 0 aliphatic carbocycles. The number of nitrogens with zero attached hydrogens (tertiary/aromatic N) is 3. The van der Waals surface area contributed by atoms with E-state index < -0.39 is 0 Å². The third kappa shape index (κ3) is 3.19. The molecule has 0 unspecified atom stereocenters. The lowest BCUT2D eigenvalue weighted by molar-refractivity contribution is -0.0221. The average Bonchev–Trinajstić information content (AvgIpc) is 2.65. The highest BCUT2D eigenvalue weighted by Crippen LogP contribution is 2.22. The van der Waals surface area contributed by atoms with Crippen molar-refractivity contribution in [2.24, 2.45) is 0 Å². The smallest absolute Gasteiger partial charge is 0.160 e. The standard InChI is InChI=1S/C13H17Cl2N3O/c1-4-19-13(2,3)8-18-11(6-14)17-10-5-9(15)7-16-12(10)18/h5,7H,4,6,8H2,1-3H3. The lowest BCUT2D eigenvalue weighted by atomic mass is 10.1. The largest absolute Gasteiger partial charge is 0.374 e. The molecular formula is C13H17Cl2N3O. The molecule has 4 nitrogen and oxygen atoms in total. The van der Waals surface area contributed by atoms with E-state index in [4.69, 9.17) is 27.9 Å². The van der Waals surface area contributed by atoms with Gasteiger partial charge in [-0.3, -0.25) is 0 Å². The van der Waals surface area contributed by atoms with Crippen LogP contribution in [0.1, 0.15) is 26.6 Å². The van der Waals surface area contributed by atoms with Gasteiger partial charge in [-0.05, 0) is 26.8 Å². The number of hydrogen-bond donors (Lipinski definition) is 0. The minimum atomic E-state index is -0.301. The number of fused-ring (bicyclic) bond motifs is 1. The van der Waals surface area contributed by atoms with Gasteiger partial charge in [0, 0.05) is 12.8 Å². The van der Waals surface area contributed by atoms with Crippen molar-refractivity contribution in [1.82, 2.24) is 14.5 Å². The Kier molecular flexibility index (Phi) is 4.33. The summed E-state index contributed by atoms with van der Waals surface area (Å²) in [6.45, 7) is 7.36. The molecule has 0 saturated heterocycles. The fraction of sp³-hybridized carbons (Fsp3) is 0.538. The van der Waals surface area contributed by atoms with Gasteiger partial charge in [-0.1, -0.05) is 11.6 Å². The molecule has 0 aromatic carbocycles. The first kappa shape index (κ1) is 14.6. The molecule has 2 heterocycles. The van der Waals surface area contributed by atoms with Crippen molar-refractivity contribution < 1.29 is 4.74 Å². The van der Waals surface area contributed by atoms with E-state index in [1.807, 2.05) is 25.3 Å². The van der Waals surface area contributed by atoms with Crippen molar-refractivity contribution in [1.29, 1.82) is 0 Å². The van der Waals surface area contributed by atoms with Crippen LogP contribution in [0.5, 0.6) is 0 Å². The molecular weight excluding hydrogens is 285 g/mol. The zero-order valence-corrected chi connectivity index (χ0v) is 12.8. The zero-order chi connectivity index (χ0) is 14.0. The van der Waals surface area contributed by atoms with Crippen LogP contribution in [0, 0.1) is 0 Å². The number of halogens is 2. The Balaban J connectivity index is 2.46. The molecule has 19 heavy (non-hydrogen) atoms. The number of imidazole rings is 1. The second-order valence-electron chi connectivity index (χ2n) is 4.94. The zero-order valence-electron chi connectivity index (χ0n) is 11.3. The molecule has 2 rings (SSSR count). The number of ether oxygens (including phenoxy) is 1. The quantitative estimate of drug-likeness (QED) is 0.792. The SMILES string of the molecule is CCOC(C)(C)Cn1c(CCl)nc2cc(Cl)cnc21. The van der Waals surface area contributed by atoms with Crippen LogP contribution < -0.4 is 0 Å². The van der Waals surface area contributed by atoms with Gasteiger partial charge in [0.15, 0.2) is 5.65 Å². The molecule has 0 spiro atoms. The highest BCUT2D eigenvalue weighted by atomic mass is 35.5. The Morgan fingerprint density at radius 2 is 2.16 bits per heavy atom. The second kappa shape index (κ2) is 5.65. The van der Waals surface area contributed by atoms with Crippen molar-refractivity contribution in [3.05, 3.63) is 23.1 Å². The maximum atomic E-state index is 5.96. The molecule has 0 amide bonds. The van der Waals surface area contributed by atoms with Crippen molar-refractivity contribution in [2.45, 2.75) is 38.8 Å². The normalized spacial score (nSPS) is 12.3. The predicted octanol–water partition coefficient (Wildman–Crippen LogP) is 3.64. The molecule has 0 N–H and O–H groups in total. The van der Waals surface area contributed by atoms with Crippen LogP contribution in [0.2, 0.25) is 5.02 Å². The van der Waals surface area contributed by atoms with Crippen molar-refractivity contribution in [3.8, 4) is 0 Å².